The van der Waals surface area contributed by atoms with E-state index in [0.717, 1.165) is 33.3 Å². The van der Waals surface area contributed by atoms with Gasteiger partial charge in [0.15, 0.2) is 17.5 Å². The van der Waals surface area contributed by atoms with Gasteiger partial charge < -0.3 is 9.13 Å². The fourth-order valence-corrected chi connectivity index (χ4v) is 13.5. The summed E-state index contributed by atoms with van der Waals surface area (Å²) in [6.07, 6.45) is 0. The lowest BCUT2D eigenvalue weighted by atomic mass is 9.65. The maximum absolute atomic E-state index is 5.18. The third-order valence-corrected chi connectivity index (χ3v) is 16.7. The molecule has 0 radical (unpaired) electrons. The van der Waals surface area contributed by atoms with Gasteiger partial charge in [-0.05, 0) is 104 Å². The van der Waals surface area contributed by atoms with Gasteiger partial charge in [0.1, 0.15) is 0 Å². The van der Waals surface area contributed by atoms with Gasteiger partial charge in [0, 0.05) is 54.9 Å². The summed E-state index contributed by atoms with van der Waals surface area (Å²) in [4.78, 5) is 15.4. The zero-order chi connectivity index (χ0) is 50.3. The molecule has 1 aliphatic heterocycles. The Morgan fingerprint density at radius 2 is 0.831 bits per heavy atom. The second-order valence-electron chi connectivity index (χ2n) is 20.6. The first-order valence-electron chi connectivity index (χ1n) is 26.4. The minimum Gasteiger partial charge on any atom is -0.309 e. The Hall–Kier alpha value is -10.2. The maximum Gasteiger partial charge on any atom is 0.164 e. The van der Waals surface area contributed by atoms with Gasteiger partial charge in [-0.3, -0.25) is 0 Å². The highest BCUT2D eigenvalue weighted by atomic mass is 15.0. The molecular formula is C72H43N5. The van der Waals surface area contributed by atoms with E-state index in [2.05, 4.69) is 252 Å². The van der Waals surface area contributed by atoms with Crippen LogP contribution in [0, 0.1) is 0 Å². The number of aromatic nitrogens is 5. The number of fused-ring (bicyclic) bond motifs is 18. The second kappa shape index (κ2) is 15.9. The Bertz CT molecular complexity index is 4990. The van der Waals surface area contributed by atoms with Crippen LogP contribution in [0.1, 0.15) is 22.3 Å². The standard InChI is InChI=1S/C72H43N5/c1-2-18-46(19-3-1)69-73-70(75-71(74-69)50-33-32-44-16-4-5-20-48(44)42-50)47-34-38-51(39-35-47)76-66-52-21-7-6-17-45(52)36-40-58(66)57-25-14-24-53(67(57)76)49-37-41-61-59(43-49)54-22-8-10-27-60(54)72(61)62-28-11-13-31-65(62)77-64-30-12-9-23-55(64)56-26-15-29-63(72)68(56)77/h1-43H. The van der Waals surface area contributed by atoms with Crippen molar-refractivity contribution in [2.45, 2.75) is 5.41 Å². The summed E-state index contributed by atoms with van der Waals surface area (Å²) in [5.41, 5.74) is 19.5. The Kier molecular flexibility index (Phi) is 8.70. The van der Waals surface area contributed by atoms with Crippen LogP contribution in [-0.4, -0.2) is 24.1 Å². The van der Waals surface area contributed by atoms with Gasteiger partial charge in [-0.2, -0.15) is 0 Å². The van der Waals surface area contributed by atoms with E-state index in [1.807, 2.05) is 18.2 Å². The van der Waals surface area contributed by atoms with E-state index in [-0.39, 0.29) is 0 Å². The van der Waals surface area contributed by atoms with Gasteiger partial charge in [-0.15, -0.1) is 0 Å². The zero-order valence-corrected chi connectivity index (χ0v) is 41.6. The van der Waals surface area contributed by atoms with Crippen molar-refractivity contribution in [2.75, 3.05) is 0 Å². The van der Waals surface area contributed by atoms with Crippen molar-refractivity contribution in [2.24, 2.45) is 0 Å². The van der Waals surface area contributed by atoms with E-state index < -0.39 is 5.41 Å². The molecule has 1 atom stereocenters. The molecule has 15 aromatic rings. The average molecular weight is 978 g/mol. The molecule has 0 saturated heterocycles. The first-order chi connectivity index (χ1) is 38.2. The highest BCUT2D eigenvalue weighted by Crippen LogP contribution is 2.61. The topological polar surface area (TPSA) is 48.5 Å². The van der Waals surface area contributed by atoms with E-state index in [1.165, 1.54) is 104 Å². The minimum atomic E-state index is -0.525. The highest BCUT2D eigenvalue weighted by molar-refractivity contribution is 6.21. The van der Waals surface area contributed by atoms with Crippen LogP contribution in [0.5, 0.6) is 0 Å². The molecule has 12 aromatic carbocycles. The summed E-state index contributed by atoms with van der Waals surface area (Å²) in [5.74, 6) is 1.89. The van der Waals surface area contributed by atoms with Crippen LogP contribution >= 0.6 is 0 Å². The van der Waals surface area contributed by atoms with Crippen LogP contribution in [-0.2, 0) is 5.41 Å². The number of nitrogens with zero attached hydrogens (tertiary/aromatic N) is 5. The minimum absolute atomic E-state index is 0.525. The normalized spacial score (nSPS) is 14.3. The smallest absolute Gasteiger partial charge is 0.164 e. The van der Waals surface area contributed by atoms with Gasteiger partial charge in [0.25, 0.3) is 0 Å². The van der Waals surface area contributed by atoms with Gasteiger partial charge in [-0.25, -0.2) is 15.0 Å². The summed E-state index contributed by atoms with van der Waals surface area (Å²) in [5, 5.41) is 9.69. The predicted molar refractivity (Wildman–Crippen MR) is 316 cm³/mol. The Labute approximate surface area is 443 Å². The molecule has 3 aromatic heterocycles. The van der Waals surface area contributed by atoms with Crippen LogP contribution in [0.15, 0.2) is 261 Å². The third-order valence-electron chi connectivity index (χ3n) is 16.7. The second-order valence-corrected chi connectivity index (χ2v) is 20.6. The summed E-state index contributed by atoms with van der Waals surface area (Å²) >= 11 is 0. The van der Waals surface area contributed by atoms with Crippen LogP contribution in [0.4, 0.5) is 0 Å². The first kappa shape index (κ1) is 42.2. The Balaban J connectivity index is 0.870. The lowest BCUT2D eigenvalue weighted by Crippen LogP contribution is -2.33. The molecule has 0 amide bonds. The highest BCUT2D eigenvalue weighted by Gasteiger charge is 2.50. The monoisotopic (exact) mass is 977 g/mol. The average Bonchev–Trinajstić information content (AvgIpc) is 4.35. The van der Waals surface area contributed by atoms with Crippen LogP contribution in [0.25, 0.3) is 133 Å². The van der Waals surface area contributed by atoms with Crippen molar-refractivity contribution in [3.05, 3.63) is 283 Å². The van der Waals surface area contributed by atoms with E-state index in [4.69, 9.17) is 15.0 Å². The van der Waals surface area contributed by atoms with Crippen molar-refractivity contribution in [3.63, 3.8) is 0 Å². The predicted octanol–water partition coefficient (Wildman–Crippen LogP) is 17.7. The molecule has 4 heterocycles. The molecule has 0 bridgehead atoms. The Morgan fingerprint density at radius 3 is 1.68 bits per heavy atom. The van der Waals surface area contributed by atoms with Gasteiger partial charge in [0.2, 0.25) is 0 Å². The van der Waals surface area contributed by atoms with Crippen molar-refractivity contribution >= 4 is 65.2 Å². The van der Waals surface area contributed by atoms with Crippen LogP contribution in [0.2, 0.25) is 0 Å². The largest absolute Gasteiger partial charge is 0.309 e. The fraction of sp³-hybridized carbons (Fsp3) is 0.0139. The van der Waals surface area contributed by atoms with E-state index in [1.54, 1.807) is 0 Å². The summed E-state index contributed by atoms with van der Waals surface area (Å²) < 4.78 is 5.01. The molecule has 356 valence electrons. The lowest BCUT2D eigenvalue weighted by Gasteiger charge is -2.39. The van der Waals surface area contributed by atoms with Crippen molar-refractivity contribution in [1.29, 1.82) is 0 Å². The molecule has 1 aliphatic carbocycles. The molecular weight excluding hydrogens is 935 g/mol. The molecule has 77 heavy (non-hydrogen) atoms. The number of rotatable bonds is 5. The molecule has 2 aliphatic rings. The molecule has 5 nitrogen and oxygen atoms in total. The van der Waals surface area contributed by atoms with Crippen molar-refractivity contribution in [1.82, 2.24) is 24.1 Å². The lowest BCUT2D eigenvalue weighted by molar-refractivity contribution is 0.748. The molecule has 1 spiro atoms. The quantitative estimate of drug-likeness (QED) is 0.173. The third kappa shape index (κ3) is 5.85. The maximum atomic E-state index is 5.18. The Morgan fingerprint density at radius 1 is 0.273 bits per heavy atom. The first-order valence-corrected chi connectivity index (χ1v) is 26.4. The van der Waals surface area contributed by atoms with E-state index in [0.29, 0.717) is 17.5 Å². The van der Waals surface area contributed by atoms with Gasteiger partial charge in [-0.1, -0.05) is 212 Å². The zero-order valence-electron chi connectivity index (χ0n) is 41.6. The summed E-state index contributed by atoms with van der Waals surface area (Å²) in [6, 6.07) is 95.4. The fourth-order valence-electron chi connectivity index (χ4n) is 13.5. The van der Waals surface area contributed by atoms with Gasteiger partial charge in [0.05, 0.1) is 33.2 Å². The van der Waals surface area contributed by atoms with Crippen LogP contribution in [0.3, 0.4) is 0 Å². The number of para-hydroxylation sites is 4. The number of hydrogen-bond donors (Lipinski definition) is 0. The SMILES string of the molecule is c1ccc(-c2nc(-c3ccc(-n4c5c(-c6ccc7c(c6)-c6ccccc6C76c7ccccc7-n7c8ccccc8c8cccc6c87)cccc5c5ccc6ccccc6c54)cc3)nc(-c3ccc4ccccc4c3)n2)cc1. The number of benzene rings is 12. The van der Waals surface area contributed by atoms with E-state index in [9.17, 15) is 0 Å². The molecule has 0 N–H and O–H groups in total. The molecule has 1 unspecified atom stereocenters. The molecule has 17 rings (SSSR count). The molecule has 5 heteroatoms. The molecule has 0 saturated carbocycles. The summed E-state index contributed by atoms with van der Waals surface area (Å²) in [7, 11) is 0. The summed E-state index contributed by atoms with van der Waals surface area (Å²) in [6.45, 7) is 0. The van der Waals surface area contributed by atoms with E-state index >= 15 is 0 Å². The van der Waals surface area contributed by atoms with Crippen molar-refractivity contribution in [3.8, 4) is 67.8 Å². The molecule has 0 fully saturated rings. The van der Waals surface area contributed by atoms with Gasteiger partial charge >= 0.3 is 0 Å². The van der Waals surface area contributed by atoms with Crippen LogP contribution < -0.4 is 0 Å². The van der Waals surface area contributed by atoms with Crippen molar-refractivity contribution < 1.29 is 0 Å². The number of hydrogen-bond acceptors (Lipinski definition) is 3.